The van der Waals surface area contributed by atoms with E-state index in [1.54, 1.807) is 11.5 Å². The lowest BCUT2D eigenvalue weighted by Gasteiger charge is -2.11. The van der Waals surface area contributed by atoms with Gasteiger partial charge in [-0.05, 0) is 30.5 Å². The number of fused-ring (bicyclic) bond motifs is 1. The molecule has 5 nitrogen and oxygen atoms in total. The number of benzene rings is 1. The molecule has 110 valence electrons. The largest absolute Gasteiger partial charge is 0.493 e. The van der Waals surface area contributed by atoms with E-state index in [9.17, 15) is 4.79 Å². The molecule has 0 radical (unpaired) electrons. The van der Waals surface area contributed by atoms with E-state index in [0.717, 1.165) is 25.2 Å². The summed E-state index contributed by atoms with van der Waals surface area (Å²) in [5, 5.41) is 0. The molecule has 0 aliphatic carbocycles. The van der Waals surface area contributed by atoms with Gasteiger partial charge in [0.15, 0.2) is 0 Å². The van der Waals surface area contributed by atoms with Crippen molar-refractivity contribution in [3.63, 3.8) is 0 Å². The van der Waals surface area contributed by atoms with Crippen molar-refractivity contribution >= 4 is 0 Å². The van der Waals surface area contributed by atoms with E-state index < -0.39 is 0 Å². The van der Waals surface area contributed by atoms with Crippen molar-refractivity contribution in [2.24, 2.45) is 0 Å². The minimum atomic E-state index is -0.0798. The second kappa shape index (κ2) is 5.60. The number of hydrogen-bond donors (Lipinski definition) is 0. The molecule has 3 rings (SSSR count). The first-order chi connectivity index (χ1) is 10.2. The molecule has 1 aliphatic heterocycles. The van der Waals surface area contributed by atoms with Gasteiger partial charge in [0.05, 0.1) is 13.7 Å². The summed E-state index contributed by atoms with van der Waals surface area (Å²) >= 11 is 0. The minimum absolute atomic E-state index is 0.0798. The van der Waals surface area contributed by atoms with Crippen molar-refractivity contribution < 1.29 is 9.47 Å². The summed E-state index contributed by atoms with van der Waals surface area (Å²) in [6.07, 6.45) is 1.72. The molecule has 1 aliphatic rings. The Kier molecular flexibility index (Phi) is 3.64. The van der Waals surface area contributed by atoms with Gasteiger partial charge >= 0.3 is 0 Å². The van der Waals surface area contributed by atoms with Crippen molar-refractivity contribution in [2.75, 3.05) is 13.7 Å². The van der Waals surface area contributed by atoms with E-state index in [-0.39, 0.29) is 5.56 Å². The molecule has 0 amide bonds. The van der Waals surface area contributed by atoms with Gasteiger partial charge in [-0.2, -0.15) is 0 Å². The van der Waals surface area contributed by atoms with Gasteiger partial charge in [-0.25, -0.2) is 4.98 Å². The zero-order valence-corrected chi connectivity index (χ0v) is 12.3. The molecule has 1 aromatic heterocycles. The molecule has 1 aromatic carbocycles. The molecule has 0 atom stereocenters. The van der Waals surface area contributed by atoms with E-state index >= 15 is 0 Å². The standard InChI is InChI=1S/C16H18N2O3/c1-11-9-15(19)18(16(17-11)20-2)7-5-12-3-4-14-13(10-12)6-8-21-14/h3-4,9-10H,5-8H2,1-2H3. The average Bonchev–Trinajstić information content (AvgIpc) is 2.93. The second-order valence-corrected chi connectivity index (χ2v) is 5.16. The molecule has 2 heterocycles. The summed E-state index contributed by atoms with van der Waals surface area (Å²) in [5.74, 6) is 0.977. The normalized spacial score (nSPS) is 12.9. The maximum Gasteiger partial charge on any atom is 0.299 e. The molecule has 0 saturated heterocycles. The van der Waals surface area contributed by atoms with Gasteiger partial charge < -0.3 is 9.47 Å². The molecule has 0 saturated carbocycles. The molecule has 2 aromatic rings. The van der Waals surface area contributed by atoms with Crippen molar-refractivity contribution in [2.45, 2.75) is 26.3 Å². The third kappa shape index (κ3) is 2.77. The highest BCUT2D eigenvalue weighted by molar-refractivity contribution is 5.39. The molecule has 0 fully saturated rings. The quantitative estimate of drug-likeness (QED) is 0.859. The average molecular weight is 286 g/mol. The Morgan fingerprint density at radius 3 is 3.05 bits per heavy atom. The second-order valence-electron chi connectivity index (χ2n) is 5.16. The van der Waals surface area contributed by atoms with Crippen LogP contribution >= 0.6 is 0 Å². The molecular formula is C16H18N2O3. The van der Waals surface area contributed by atoms with E-state index in [1.807, 2.05) is 12.1 Å². The topological polar surface area (TPSA) is 53.3 Å². The number of hydrogen-bond acceptors (Lipinski definition) is 4. The molecule has 0 unspecified atom stereocenters. The first kappa shape index (κ1) is 13.7. The van der Waals surface area contributed by atoms with Gasteiger partial charge in [0.25, 0.3) is 11.6 Å². The van der Waals surface area contributed by atoms with Crippen molar-refractivity contribution in [3.8, 4) is 11.8 Å². The van der Waals surface area contributed by atoms with Crippen molar-refractivity contribution in [1.82, 2.24) is 9.55 Å². The SMILES string of the molecule is COc1nc(C)cc(=O)n1CCc1ccc2c(c1)CCO2. The molecule has 0 spiro atoms. The van der Waals surface area contributed by atoms with Gasteiger partial charge in [0.2, 0.25) is 0 Å². The number of methoxy groups -OCH3 is 1. The fourth-order valence-electron chi connectivity index (χ4n) is 2.59. The van der Waals surface area contributed by atoms with Crippen LogP contribution in [0.5, 0.6) is 11.8 Å². The van der Waals surface area contributed by atoms with Crippen LogP contribution in [0.4, 0.5) is 0 Å². The first-order valence-corrected chi connectivity index (χ1v) is 7.04. The van der Waals surface area contributed by atoms with Crippen LogP contribution in [-0.4, -0.2) is 23.3 Å². The Labute approximate surface area is 123 Å². The highest BCUT2D eigenvalue weighted by Crippen LogP contribution is 2.26. The van der Waals surface area contributed by atoms with Gasteiger partial charge in [0, 0.05) is 24.7 Å². The predicted octanol–water partition coefficient (Wildman–Crippen LogP) is 1.74. The van der Waals surface area contributed by atoms with Crippen LogP contribution in [0.2, 0.25) is 0 Å². The molecule has 0 bridgehead atoms. The molecule has 21 heavy (non-hydrogen) atoms. The van der Waals surface area contributed by atoms with Gasteiger partial charge in [0.1, 0.15) is 5.75 Å². The van der Waals surface area contributed by atoms with E-state index in [2.05, 4.69) is 11.1 Å². The summed E-state index contributed by atoms with van der Waals surface area (Å²) in [6.45, 7) is 3.09. The highest BCUT2D eigenvalue weighted by Gasteiger charge is 2.13. The fourth-order valence-corrected chi connectivity index (χ4v) is 2.59. The van der Waals surface area contributed by atoms with Crippen LogP contribution in [0.15, 0.2) is 29.1 Å². The van der Waals surface area contributed by atoms with Gasteiger partial charge in [-0.15, -0.1) is 0 Å². The van der Waals surface area contributed by atoms with Crippen LogP contribution in [0.3, 0.4) is 0 Å². The van der Waals surface area contributed by atoms with Gasteiger partial charge in [-0.3, -0.25) is 9.36 Å². The number of aromatic nitrogens is 2. The lowest BCUT2D eigenvalue weighted by Crippen LogP contribution is -2.23. The molecular weight excluding hydrogens is 268 g/mol. The van der Waals surface area contributed by atoms with Crippen LogP contribution in [0.25, 0.3) is 0 Å². The van der Waals surface area contributed by atoms with E-state index in [0.29, 0.717) is 18.2 Å². The monoisotopic (exact) mass is 286 g/mol. The maximum absolute atomic E-state index is 12.1. The van der Waals surface area contributed by atoms with Crippen molar-refractivity contribution in [1.29, 1.82) is 0 Å². The third-order valence-electron chi connectivity index (χ3n) is 3.66. The minimum Gasteiger partial charge on any atom is -0.493 e. The predicted molar refractivity (Wildman–Crippen MR) is 79.1 cm³/mol. The fraction of sp³-hybridized carbons (Fsp3) is 0.375. The highest BCUT2D eigenvalue weighted by atomic mass is 16.5. The summed E-state index contributed by atoms with van der Waals surface area (Å²) < 4.78 is 12.3. The Balaban J connectivity index is 1.80. The molecule has 0 N–H and O–H groups in total. The van der Waals surface area contributed by atoms with E-state index in [1.165, 1.54) is 24.3 Å². The van der Waals surface area contributed by atoms with Gasteiger partial charge in [-0.1, -0.05) is 12.1 Å². The summed E-state index contributed by atoms with van der Waals surface area (Å²) in [7, 11) is 1.53. The zero-order valence-electron chi connectivity index (χ0n) is 12.3. The number of rotatable bonds is 4. The van der Waals surface area contributed by atoms with Crippen molar-refractivity contribution in [3.05, 3.63) is 51.4 Å². The van der Waals surface area contributed by atoms with Crippen LogP contribution < -0.4 is 15.0 Å². The zero-order chi connectivity index (χ0) is 14.8. The van der Waals surface area contributed by atoms with Crippen LogP contribution in [0, 0.1) is 6.92 Å². The Bertz CT molecular complexity index is 722. The lowest BCUT2D eigenvalue weighted by molar-refractivity contribution is 0.344. The Morgan fingerprint density at radius 1 is 1.38 bits per heavy atom. The van der Waals surface area contributed by atoms with Crippen LogP contribution in [-0.2, 0) is 19.4 Å². The number of aryl methyl sites for hydroxylation is 2. The summed E-state index contributed by atoms with van der Waals surface area (Å²) in [5.41, 5.74) is 3.02. The third-order valence-corrected chi connectivity index (χ3v) is 3.66. The number of nitrogens with zero attached hydrogens (tertiary/aromatic N) is 2. The van der Waals surface area contributed by atoms with E-state index in [4.69, 9.17) is 9.47 Å². The Hall–Kier alpha value is -2.30. The summed E-state index contributed by atoms with van der Waals surface area (Å²) in [6, 6.07) is 8.10. The molecule has 5 heteroatoms. The number of ether oxygens (including phenoxy) is 2. The lowest BCUT2D eigenvalue weighted by atomic mass is 10.1. The first-order valence-electron chi connectivity index (χ1n) is 7.04. The smallest absolute Gasteiger partial charge is 0.299 e. The Morgan fingerprint density at radius 2 is 2.24 bits per heavy atom. The maximum atomic E-state index is 12.1. The summed E-state index contributed by atoms with van der Waals surface area (Å²) in [4.78, 5) is 16.3. The van der Waals surface area contributed by atoms with Crippen LogP contribution in [0.1, 0.15) is 16.8 Å².